The van der Waals surface area contributed by atoms with E-state index in [1.54, 1.807) is 6.07 Å². The highest BCUT2D eigenvalue weighted by Crippen LogP contribution is 2.49. The maximum atomic E-state index is 10.9. The minimum atomic E-state index is -0.695. The maximum Gasteiger partial charge on any atom is 0.0899 e. The van der Waals surface area contributed by atoms with E-state index in [0.717, 1.165) is 30.7 Å². The molecular formula is C15H18Cl2O. The summed E-state index contributed by atoms with van der Waals surface area (Å²) in [5.74, 6) is 1.55. The molecule has 3 heteroatoms. The van der Waals surface area contributed by atoms with Crippen LogP contribution in [-0.2, 0) is 5.60 Å². The van der Waals surface area contributed by atoms with Gasteiger partial charge in [0, 0.05) is 0 Å². The Kier molecular flexibility index (Phi) is 3.34. The van der Waals surface area contributed by atoms with E-state index >= 15 is 0 Å². The van der Waals surface area contributed by atoms with Crippen molar-refractivity contribution in [1.29, 1.82) is 0 Å². The van der Waals surface area contributed by atoms with Crippen LogP contribution in [0, 0.1) is 11.8 Å². The number of hydrogen-bond acceptors (Lipinski definition) is 1. The molecule has 1 N–H and O–H groups in total. The van der Waals surface area contributed by atoms with Gasteiger partial charge in [-0.15, -0.1) is 0 Å². The Balaban J connectivity index is 1.85. The summed E-state index contributed by atoms with van der Waals surface area (Å²) in [6, 6.07) is 5.54. The van der Waals surface area contributed by atoms with Gasteiger partial charge in [0.15, 0.2) is 0 Å². The normalized spacial score (nSPS) is 32.5. The second kappa shape index (κ2) is 4.70. The van der Waals surface area contributed by atoms with Crippen molar-refractivity contribution in [3.05, 3.63) is 33.8 Å². The summed E-state index contributed by atoms with van der Waals surface area (Å²) in [6.07, 6.45) is 6.81. The van der Waals surface area contributed by atoms with Gasteiger partial charge in [-0.3, -0.25) is 0 Å². The minimum Gasteiger partial charge on any atom is -0.385 e. The minimum absolute atomic E-state index is 0.538. The fourth-order valence-corrected chi connectivity index (χ4v) is 3.61. The molecule has 1 aromatic carbocycles. The van der Waals surface area contributed by atoms with Crippen molar-refractivity contribution in [2.24, 2.45) is 11.8 Å². The number of halogens is 2. The van der Waals surface area contributed by atoms with E-state index in [1.165, 1.54) is 19.3 Å². The Morgan fingerprint density at radius 2 is 1.83 bits per heavy atom. The number of benzene rings is 1. The molecule has 0 heterocycles. The topological polar surface area (TPSA) is 20.2 Å². The molecule has 2 unspecified atom stereocenters. The Morgan fingerprint density at radius 3 is 2.50 bits per heavy atom. The number of hydrogen-bond donors (Lipinski definition) is 1. The van der Waals surface area contributed by atoms with Crippen molar-refractivity contribution in [2.45, 2.75) is 44.1 Å². The standard InChI is InChI=1S/C15H18Cl2O/c16-13-6-5-12(8-14(13)17)15(18)7-1-2-11(9-15)10-3-4-10/h5-6,8,10-11,18H,1-4,7,9H2. The molecule has 2 atom stereocenters. The van der Waals surface area contributed by atoms with E-state index in [1.807, 2.05) is 12.1 Å². The van der Waals surface area contributed by atoms with Gasteiger partial charge in [-0.1, -0.05) is 29.3 Å². The average molecular weight is 285 g/mol. The Hall–Kier alpha value is -0.240. The zero-order valence-corrected chi connectivity index (χ0v) is 11.8. The molecule has 0 saturated heterocycles. The molecule has 0 amide bonds. The summed E-state index contributed by atoms with van der Waals surface area (Å²) in [5.41, 5.74) is 0.238. The molecule has 0 aliphatic heterocycles. The van der Waals surface area contributed by atoms with Crippen LogP contribution in [0.2, 0.25) is 10.0 Å². The zero-order chi connectivity index (χ0) is 12.8. The van der Waals surface area contributed by atoms with Crippen molar-refractivity contribution in [3.63, 3.8) is 0 Å². The molecule has 1 nitrogen and oxygen atoms in total. The van der Waals surface area contributed by atoms with Crippen LogP contribution < -0.4 is 0 Å². The predicted octanol–water partition coefficient (Wildman–Crippen LogP) is 4.78. The van der Waals surface area contributed by atoms with E-state index < -0.39 is 5.60 Å². The van der Waals surface area contributed by atoms with E-state index in [2.05, 4.69) is 0 Å². The van der Waals surface area contributed by atoms with Crippen LogP contribution in [0.4, 0.5) is 0 Å². The lowest BCUT2D eigenvalue weighted by molar-refractivity contribution is -0.0251. The first-order chi connectivity index (χ1) is 8.58. The average Bonchev–Trinajstić information content (AvgIpc) is 3.17. The van der Waals surface area contributed by atoms with Crippen molar-refractivity contribution < 1.29 is 5.11 Å². The summed E-state index contributed by atoms with van der Waals surface area (Å²) in [6.45, 7) is 0. The summed E-state index contributed by atoms with van der Waals surface area (Å²) >= 11 is 12.0. The molecule has 98 valence electrons. The molecule has 1 aromatic rings. The van der Waals surface area contributed by atoms with E-state index in [9.17, 15) is 5.11 Å². The highest BCUT2D eigenvalue weighted by Gasteiger charge is 2.41. The lowest BCUT2D eigenvalue weighted by Gasteiger charge is -2.37. The highest BCUT2D eigenvalue weighted by atomic mass is 35.5. The van der Waals surface area contributed by atoms with Crippen LogP contribution >= 0.6 is 23.2 Å². The SMILES string of the molecule is OC1(c2ccc(Cl)c(Cl)c2)CCCC(C2CC2)C1. The van der Waals surface area contributed by atoms with Gasteiger partial charge in [0.25, 0.3) is 0 Å². The van der Waals surface area contributed by atoms with Crippen LogP contribution in [0.1, 0.15) is 44.1 Å². The van der Waals surface area contributed by atoms with Gasteiger partial charge in [0.2, 0.25) is 0 Å². The molecule has 0 aromatic heterocycles. The van der Waals surface area contributed by atoms with Crippen LogP contribution in [0.15, 0.2) is 18.2 Å². The molecule has 0 bridgehead atoms. The molecule has 2 aliphatic rings. The second-order valence-electron chi connectivity index (χ2n) is 5.85. The van der Waals surface area contributed by atoms with Gasteiger partial charge < -0.3 is 5.11 Å². The molecule has 2 fully saturated rings. The lowest BCUT2D eigenvalue weighted by Crippen LogP contribution is -2.33. The van der Waals surface area contributed by atoms with Crippen molar-refractivity contribution >= 4 is 23.2 Å². The third-order valence-corrected chi connectivity index (χ3v) is 5.25. The quantitative estimate of drug-likeness (QED) is 0.829. The molecular weight excluding hydrogens is 267 g/mol. The molecule has 18 heavy (non-hydrogen) atoms. The van der Waals surface area contributed by atoms with E-state index in [-0.39, 0.29) is 0 Å². The molecule has 0 radical (unpaired) electrons. The Labute approximate surface area is 118 Å². The smallest absolute Gasteiger partial charge is 0.0899 e. The fourth-order valence-electron chi connectivity index (χ4n) is 3.31. The molecule has 0 spiro atoms. The summed E-state index contributed by atoms with van der Waals surface area (Å²) in [4.78, 5) is 0. The Morgan fingerprint density at radius 1 is 1.06 bits per heavy atom. The van der Waals surface area contributed by atoms with Crippen molar-refractivity contribution in [1.82, 2.24) is 0 Å². The molecule has 2 aliphatic carbocycles. The number of aliphatic hydroxyl groups is 1. The van der Waals surface area contributed by atoms with Crippen molar-refractivity contribution in [2.75, 3.05) is 0 Å². The predicted molar refractivity (Wildman–Crippen MR) is 75.0 cm³/mol. The van der Waals surface area contributed by atoms with Gasteiger partial charge >= 0.3 is 0 Å². The second-order valence-corrected chi connectivity index (χ2v) is 6.67. The van der Waals surface area contributed by atoms with E-state index in [0.29, 0.717) is 16.0 Å². The van der Waals surface area contributed by atoms with Gasteiger partial charge in [0.1, 0.15) is 0 Å². The first kappa shape index (κ1) is 12.8. The monoisotopic (exact) mass is 284 g/mol. The fraction of sp³-hybridized carbons (Fsp3) is 0.600. The van der Waals surface area contributed by atoms with Crippen LogP contribution in [0.5, 0.6) is 0 Å². The largest absolute Gasteiger partial charge is 0.385 e. The first-order valence-electron chi connectivity index (χ1n) is 6.76. The van der Waals surface area contributed by atoms with Gasteiger partial charge in [-0.2, -0.15) is 0 Å². The number of rotatable bonds is 2. The third kappa shape index (κ3) is 2.41. The summed E-state index contributed by atoms with van der Waals surface area (Å²) in [5, 5.41) is 12.0. The van der Waals surface area contributed by atoms with Crippen LogP contribution in [0.3, 0.4) is 0 Å². The lowest BCUT2D eigenvalue weighted by atomic mass is 9.73. The van der Waals surface area contributed by atoms with Gasteiger partial charge in [-0.05, 0) is 68.1 Å². The Bertz CT molecular complexity index is 456. The first-order valence-corrected chi connectivity index (χ1v) is 7.52. The highest BCUT2D eigenvalue weighted by molar-refractivity contribution is 6.42. The van der Waals surface area contributed by atoms with Crippen LogP contribution in [0.25, 0.3) is 0 Å². The van der Waals surface area contributed by atoms with E-state index in [4.69, 9.17) is 23.2 Å². The van der Waals surface area contributed by atoms with Crippen LogP contribution in [-0.4, -0.2) is 5.11 Å². The van der Waals surface area contributed by atoms with Gasteiger partial charge in [-0.25, -0.2) is 0 Å². The third-order valence-electron chi connectivity index (χ3n) is 4.51. The zero-order valence-electron chi connectivity index (χ0n) is 10.3. The van der Waals surface area contributed by atoms with Crippen molar-refractivity contribution in [3.8, 4) is 0 Å². The summed E-state index contributed by atoms with van der Waals surface area (Å²) in [7, 11) is 0. The van der Waals surface area contributed by atoms with Gasteiger partial charge in [0.05, 0.1) is 15.6 Å². The molecule has 3 rings (SSSR count). The summed E-state index contributed by atoms with van der Waals surface area (Å²) < 4.78 is 0. The maximum absolute atomic E-state index is 10.9. The molecule has 2 saturated carbocycles.